The van der Waals surface area contributed by atoms with Gasteiger partial charge < -0.3 is 14.3 Å². The van der Waals surface area contributed by atoms with E-state index in [9.17, 15) is 9.90 Å². The monoisotopic (exact) mass is 248 g/mol. The molecule has 0 saturated carbocycles. The summed E-state index contributed by atoms with van der Waals surface area (Å²) in [5.74, 6) is 1.10. The van der Waals surface area contributed by atoms with Crippen molar-refractivity contribution in [2.45, 2.75) is 20.3 Å². The van der Waals surface area contributed by atoms with Gasteiger partial charge in [-0.1, -0.05) is 13.8 Å². The van der Waals surface area contributed by atoms with Crippen LogP contribution in [0.1, 0.15) is 20.3 Å². The number of fused-ring (bicyclic) bond motifs is 1. The molecule has 2 rings (SSSR count). The largest absolute Gasteiger partial charge is 0.508 e. The molecule has 1 N–H and O–H groups in total. The molecule has 2 aromatic rings. The molecular weight excluding hydrogens is 232 g/mol. The van der Waals surface area contributed by atoms with E-state index >= 15 is 0 Å². The Morgan fingerprint density at radius 3 is 2.83 bits per heavy atom. The highest BCUT2D eigenvalue weighted by Crippen LogP contribution is 2.26. The zero-order chi connectivity index (χ0) is 13.1. The summed E-state index contributed by atoms with van der Waals surface area (Å²) in [6.07, 6.45) is 0.916. The molecule has 0 unspecified atom stereocenters. The Balaban J connectivity index is 2.34. The van der Waals surface area contributed by atoms with Gasteiger partial charge in [0.05, 0.1) is 18.1 Å². The van der Waals surface area contributed by atoms with Crippen LogP contribution in [0.15, 0.2) is 33.5 Å². The minimum atomic E-state index is -0.479. The van der Waals surface area contributed by atoms with Crippen LogP contribution in [-0.4, -0.2) is 11.7 Å². The number of hydrogen-bond donors (Lipinski definition) is 1. The van der Waals surface area contributed by atoms with Crippen molar-refractivity contribution >= 4 is 11.0 Å². The van der Waals surface area contributed by atoms with Gasteiger partial charge in [-0.3, -0.25) is 0 Å². The molecule has 1 aromatic carbocycles. The average molecular weight is 248 g/mol. The quantitative estimate of drug-likeness (QED) is 0.845. The number of ether oxygens (including phenoxy) is 1. The lowest BCUT2D eigenvalue weighted by molar-refractivity contribution is 0.290. The molecule has 0 saturated heterocycles. The Kier molecular flexibility index (Phi) is 3.55. The highest BCUT2D eigenvalue weighted by molar-refractivity contribution is 5.84. The Labute approximate surface area is 105 Å². The number of aromatic hydroxyl groups is 1. The van der Waals surface area contributed by atoms with Crippen molar-refractivity contribution in [3.63, 3.8) is 0 Å². The summed E-state index contributed by atoms with van der Waals surface area (Å²) < 4.78 is 10.6. The standard InChI is InChI=1S/C14H16O4/c1-9(2)5-6-17-12-8-14(16)18-13-7-10(15)3-4-11(12)13/h3-4,7-9,15H,5-6H2,1-2H3. The number of phenolic OH excluding ortho intramolecular Hbond substituents is 1. The second-order valence-electron chi connectivity index (χ2n) is 4.64. The number of hydrogen-bond acceptors (Lipinski definition) is 4. The molecule has 4 heteroatoms. The smallest absolute Gasteiger partial charge is 0.339 e. The van der Waals surface area contributed by atoms with E-state index in [0.717, 1.165) is 6.42 Å². The summed E-state index contributed by atoms with van der Waals surface area (Å²) in [6.45, 7) is 4.77. The first-order valence-corrected chi connectivity index (χ1v) is 5.96. The lowest BCUT2D eigenvalue weighted by Crippen LogP contribution is -2.05. The minimum absolute atomic E-state index is 0.0602. The van der Waals surface area contributed by atoms with Gasteiger partial charge in [0.2, 0.25) is 0 Å². The first-order chi connectivity index (χ1) is 8.56. The Bertz CT molecular complexity index is 598. The molecule has 0 amide bonds. The van der Waals surface area contributed by atoms with E-state index in [2.05, 4.69) is 13.8 Å². The zero-order valence-corrected chi connectivity index (χ0v) is 10.5. The highest BCUT2D eigenvalue weighted by atomic mass is 16.5. The van der Waals surface area contributed by atoms with Crippen molar-refractivity contribution in [3.05, 3.63) is 34.7 Å². The van der Waals surface area contributed by atoms with Crippen molar-refractivity contribution in [1.82, 2.24) is 0 Å². The molecule has 0 fully saturated rings. The summed E-state index contributed by atoms with van der Waals surface area (Å²) in [7, 11) is 0. The highest BCUT2D eigenvalue weighted by Gasteiger charge is 2.07. The maximum absolute atomic E-state index is 11.4. The molecule has 1 heterocycles. The van der Waals surface area contributed by atoms with Crippen molar-refractivity contribution in [2.75, 3.05) is 6.61 Å². The average Bonchev–Trinajstić information content (AvgIpc) is 2.27. The van der Waals surface area contributed by atoms with Gasteiger partial charge >= 0.3 is 5.63 Å². The van der Waals surface area contributed by atoms with Gasteiger partial charge in [-0.25, -0.2) is 4.79 Å². The molecule has 96 valence electrons. The lowest BCUT2D eigenvalue weighted by Gasteiger charge is -2.09. The molecule has 0 radical (unpaired) electrons. The maximum atomic E-state index is 11.4. The van der Waals surface area contributed by atoms with Crippen LogP contribution in [-0.2, 0) is 0 Å². The Morgan fingerprint density at radius 1 is 1.33 bits per heavy atom. The second kappa shape index (κ2) is 5.12. The van der Waals surface area contributed by atoms with Crippen molar-refractivity contribution in [2.24, 2.45) is 5.92 Å². The molecule has 0 aliphatic rings. The van der Waals surface area contributed by atoms with Crippen molar-refractivity contribution in [1.29, 1.82) is 0 Å². The van der Waals surface area contributed by atoms with Crippen LogP contribution in [0, 0.1) is 5.92 Å². The minimum Gasteiger partial charge on any atom is -0.508 e. The van der Waals surface area contributed by atoms with E-state index in [0.29, 0.717) is 29.2 Å². The third kappa shape index (κ3) is 2.83. The molecule has 0 atom stereocenters. The van der Waals surface area contributed by atoms with E-state index < -0.39 is 5.63 Å². The Hall–Kier alpha value is -1.97. The van der Waals surface area contributed by atoms with Gasteiger partial charge in [0.1, 0.15) is 17.1 Å². The van der Waals surface area contributed by atoms with E-state index in [1.807, 2.05) is 0 Å². The fraction of sp³-hybridized carbons (Fsp3) is 0.357. The third-order valence-corrected chi connectivity index (χ3v) is 2.64. The molecule has 1 aromatic heterocycles. The Morgan fingerprint density at radius 2 is 2.11 bits per heavy atom. The normalized spacial score (nSPS) is 11.1. The molecular formula is C14H16O4. The van der Waals surface area contributed by atoms with Crippen molar-refractivity contribution in [3.8, 4) is 11.5 Å². The topological polar surface area (TPSA) is 59.7 Å². The van der Waals surface area contributed by atoms with E-state index in [4.69, 9.17) is 9.15 Å². The number of rotatable bonds is 4. The first kappa shape index (κ1) is 12.5. The molecule has 0 aliphatic carbocycles. The van der Waals surface area contributed by atoms with Gasteiger partial charge in [0, 0.05) is 6.07 Å². The predicted octanol–water partition coefficient (Wildman–Crippen LogP) is 2.92. The van der Waals surface area contributed by atoms with Crippen LogP contribution in [0.4, 0.5) is 0 Å². The van der Waals surface area contributed by atoms with Gasteiger partial charge in [0.25, 0.3) is 0 Å². The molecule has 4 nitrogen and oxygen atoms in total. The number of benzene rings is 1. The van der Waals surface area contributed by atoms with E-state index in [-0.39, 0.29) is 5.75 Å². The molecule has 0 bridgehead atoms. The van der Waals surface area contributed by atoms with Crippen LogP contribution >= 0.6 is 0 Å². The summed E-state index contributed by atoms with van der Waals surface area (Å²) in [5.41, 5.74) is -0.144. The number of phenols is 1. The maximum Gasteiger partial charge on any atom is 0.339 e. The van der Waals surface area contributed by atoms with Crippen LogP contribution in [0.2, 0.25) is 0 Å². The fourth-order valence-electron chi connectivity index (χ4n) is 1.65. The van der Waals surface area contributed by atoms with Gasteiger partial charge in [-0.15, -0.1) is 0 Å². The molecule has 18 heavy (non-hydrogen) atoms. The zero-order valence-electron chi connectivity index (χ0n) is 10.5. The second-order valence-corrected chi connectivity index (χ2v) is 4.64. The summed E-state index contributed by atoms with van der Waals surface area (Å²) >= 11 is 0. The SMILES string of the molecule is CC(C)CCOc1cc(=O)oc2cc(O)ccc12. The van der Waals surface area contributed by atoms with Crippen LogP contribution in [0.5, 0.6) is 11.5 Å². The van der Waals surface area contributed by atoms with Crippen LogP contribution in [0.3, 0.4) is 0 Å². The molecule has 0 spiro atoms. The molecule has 0 aliphatic heterocycles. The third-order valence-electron chi connectivity index (χ3n) is 2.64. The van der Waals surface area contributed by atoms with Gasteiger partial charge in [0.15, 0.2) is 0 Å². The van der Waals surface area contributed by atoms with E-state index in [1.165, 1.54) is 18.2 Å². The fourth-order valence-corrected chi connectivity index (χ4v) is 1.65. The summed E-state index contributed by atoms with van der Waals surface area (Å²) in [5, 5.41) is 10.0. The van der Waals surface area contributed by atoms with Crippen LogP contribution in [0.25, 0.3) is 11.0 Å². The summed E-state index contributed by atoms with van der Waals surface area (Å²) in [4.78, 5) is 11.4. The first-order valence-electron chi connectivity index (χ1n) is 5.96. The van der Waals surface area contributed by atoms with Crippen LogP contribution < -0.4 is 10.4 Å². The van der Waals surface area contributed by atoms with Crippen molar-refractivity contribution < 1.29 is 14.3 Å². The predicted molar refractivity (Wildman–Crippen MR) is 69.1 cm³/mol. The van der Waals surface area contributed by atoms with Gasteiger partial charge in [-0.2, -0.15) is 0 Å². The summed E-state index contributed by atoms with van der Waals surface area (Å²) in [6, 6.07) is 5.96. The van der Waals surface area contributed by atoms with Gasteiger partial charge in [-0.05, 0) is 24.5 Å². The lowest BCUT2D eigenvalue weighted by atomic mass is 10.1. The van der Waals surface area contributed by atoms with E-state index in [1.54, 1.807) is 6.07 Å².